The maximum atomic E-state index is 13.6. The topological polar surface area (TPSA) is 71.5 Å². The lowest BCUT2D eigenvalue weighted by molar-refractivity contribution is 0.0120. The molecule has 0 spiro atoms. The van der Waals surface area contributed by atoms with Crippen molar-refractivity contribution in [2.75, 3.05) is 18.4 Å². The highest BCUT2D eigenvalue weighted by molar-refractivity contribution is 6.34. The third-order valence-corrected chi connectivity index (χ3v) is 5.47. The normalized spacial score (nSPS) is 14.7. The fraction of sp³-hybridized carbons (Fsp3) is 0.208. The zero-order valence-corrected chi connectivity index (χ0v) is 18.2. The van der Waals surface area contributed by atoms with E-state index in [-0.39, 0.29) is 35.1 Å². The highest BCUT2D eigenvalue weighted by Crippen LogP contribution is 2.33. The monoisotopic (exact) mass is 471 g/mol. The number of rotatable bonds is 6. The smallest absolute Gasteiger partial charge is 0.267 e. The van der Waals surface area contributed by atoms with E-state index in [0.29, 0.717) is 5.69 Å². The zero-order valence-electron chi connectivity index (χ0n) is 17.4. The first-order valence-electron chi connectivity index (χ1n) is 10.2. The van der Waals surface area contributed by atoms with E-state index in [9.17, 15) is 18.4 Å². The first-order valence-corrected chi connectivity index (χ1v) is 10.6. The number of pyridine rings is 1. The Labute approximate surface area is 194 Å². The van der Waals surface area contributed by atoms with E-state index in [4.69, 9.17) is 16.3 Å². The first kappa shape index (κ1) is 22.7. The molecule has 0 bridgehead atoms. The lowest BCUT2D eigenvalue weighted by Gasteiger charge is -2.19. The zero-order chi connectivity index (χ0) is 23.4. The van der Waals surface area contributed by atoms with E-state index >= 15 is 0 Å². The molecule has 33 heavy (non-hydrogen) atoms. The molecule has 0 saturated carbocycles. The minimum Gasteiger partial charge on any atom is -0.488 e. The van der Waals surface area contributed by atoms with Crippen molar-refractivity contribution in [3.63, 3.8) is 0 Å². The van der Waals surface area contributed by atoms with Crippen molar-refractivity contribution in [1.29, 1.82) is 0 Å². The summed E-state index contributed by atoms with van der Waals surface area (Å²) in [5.41, 5.74) is 1.41. The number of nitrogens with zero attached hydrogens (tertiary/aromatic N) is 2. The molecule has 0 unspecified atom stereocenters. The molecule has 0 radical (unpaired) electrons. The van der Waals surface area contributed by atoms with Gasteiger partial charge in [-0.15, -0.1) is 0 Å². The second-order valence-electron chi connectivity index (χ2n) is 7.63. The molecule has 1 aliphatic rings. The minimum atomic E-state index is -2.93. The van der Waals surface area contributed by atoms with Gasteiger partial charge in [0.2, 0.25) is 0 Å². The summed E-state index contributed by atoms with van der Waals surface area (Å²) in [7, 11) is 0. The van der Waals surface area contributed by atoms with Crippen LogP contribution in [0.2, 0.25) is 5.02 Å². The Morgan fingerprint density at radius 3 is 2.58 bits per heavy atom. The molecular formula is C24H20ClF2N3O3. The van der Waals surface area contributed by atoms with E-state index in [0.717, 1.165) is 10.5 Å². The summed E-state index contributed by atoms with van der Waals surface area (Å²) < 4.78 is 33.1. The van der Waals surface area contributed by atoms with Gasteiger partial charge >= 0.3 is 0 Å². The molecule has 2 heterocycles. The number of amides is 2. The van der Waals surface area contributed by atoms with Gasteiger partial charge in [0.05, 0.1) is 34.6 Å². The van der Waals surface area contributed by atoms with Crippen molar-refractivity contribution < 1.29 is 23.1 Å². The number of benzene rings is 2. The van der Waals surface area contributed by atoms with Crippen LogP contribution in [-0.4, -0.2) is 40.7 Å². The molecule has 1 fully saturated rings. The quantitative estimate of drug-likeness (QED) is 0.546. The van der Waals surface area contributed by atoms with E-state index in [1.807, 2.05) is 30.3 Å². The number of carbonyl (C=O) groups is 2. The minimum absolute atomic E-state index is 0.00430. The molecule has 6 nitrogen and oxygen atoms in total. The molecule has 1 aromatic heterocycles. The molecule has 170 valence electrons. The van der Waals surface area contributed by atoms with Crippen LogP contribution in [0.15, 0.2) is 67.0 Å². The summed E-state index contributed by atoms with van der Waals surface area (Å²) >= 11 is 6.33. The highest BCUT2D eigenvalue weighted by atomic mass is 35.5. The molecule has 9 heteroatoms. The average molecular weight is 472 g/mol. The van der Waals surface area contributed by atoms with Crippen LogP contribution in [0.4, 0.5) is 14.5 Å². The molecule has 3 aromatic rings. The number of likely N-dealkylation sites (tertiary alicyclic amines) is 1. The maximum absolute atomic E-state index is 13.6. The van der Waals surface area contributed by atoms with Gasteiger partial charge in [-0.25, -0.2) is 8.78 Å². The van der Waals surface area contributed by atoms with Gasteiger partial charge in [-0.3, -0.25) is 14.6 Å². The van der Waals surface area contributed by atoms with E-state index < -0.39 is 30.7 Å². The SMILES string of the molecule is O=C(Nc1cccnc1)c1cc(Cl)c(C(=O)N2CCC(F)(F)C2)cc1OCc1ccccc1. The van der Waals surface area contributed by atoms with Gasteiger partial charge in [-0.2, -0.15) is 0 Å². The van der Waals surface area contributed by atoms with Gasteiger partial charge < -0.3 is 15.0 Å². The van der Waals surface area contributed by atoms with Crippen LogP contribution >= 0.6 is 11.6 Å². The van der Waals surface area contributed by atoms with Crippen LogP contribution < -0.4 is 10.1 Å². The van der Waals surface area contributed by atoms with E-state index in [2.05, 4.69) is 10.3 Å². The van der Waals surface area contributed by atoms with Gasteiger partial charge in [0, 0.05) is 19.2 Å². The molecular weight excluding hydrogens is 452 g/mol. The van der Waals surface area contributed by atoms with Crippen LogP contribution in [0.5, 0.6) is 5.75 Å². The second kappa shape index (κ2) is 9.54. The Balaban J connectivity index is 1.65. The Hall–Kier alpha value is -3.52. The van der Waals surface area contributed by atoms with Crippen molar-refractivity contribution in [2.24, 2.45) is 0 Å². The molecule has 1 saturated heterocycles. The molecule has 1 N–H and O–H groups in total. The molecule has 0 atom stereocenters. The van der Waals surface area contributed by atoms with Gasteiger partial charge in [-0.1, -0.05) is 41.9 Å². The van der Waals surface area contributed by atoms with Gasteiger partial charge in [-0.05, 0) is 29.8 Å². The third kappa shape index (κ3) is 5.46. The predicted octanol–water partition coefficient (Wildman–Crippen LogP) is 5.05. The van der Waals surface area contributed by atoms with Crippen molar-refractivity contribution >= 4 is 29.1 Å². The fourth-order valence-electron chi connectivity index (χ4n) is 3.46. The largest absolute Gasteiger partial charge is 0.488 e. The van der Waals surface area contributed by atoms with E-state index in [1.165, 1.54) is 18.3 Å². The van der Waals surface area contributed by atoms with Crippen LogP contribution in [0.3, 0.4) is 0 Å². The molecule has 2 amide bonds. The van der Waals surface area contributed by atoms with Crippen molar-refractivity contribution in [1.82, 2.24) is 9.88 Å². The Kier molecular flexibility index (Phi) is 6.55. The number of alkyl halides is 2. The highest BCUT2D eigenvalue weighted by Gasteiger charge is 2.41. The van der Waals surface area contributed by atoms with Crippen LogP contribution in [-0.2, 0) is 6.61 Å². The average Bonchev–Trinajstić information content (AvgIpc) is 3.18. The molecule has 1 aliphatic heterocycles. The van der Waals surface area contributed by atoms with Crippen molar-refractivity contribution in [2.45, 2.75) is 19.0 Å². The summed E-state index contributed by atoms with van der Waals surface area (Å²) in [6.07, 6.45) is 2.65. The van der Waals surface area contributed by atoms with Crippen LogP contribution in [0.1, 0.15) is 32.7 Å². The second-order valence-corrected chi connectivity index (χ2v) is 8.04. The van der Waals surface area contributed by atoms with Crippen molar-refractivity contribution in [3.05, 3.63) is 88.7 Å². The summed E-state index contributed by atoms with van der Waals surface area (Å²) in [5.74, 6) is -3.97. The number of hydrogen-bond donors (Lipinski definition) is 1. The molecule has 0 aliphatic carbocycles. The lowest BCUT2D eigenvalue weighted by Crippen LogP contribution is -2.31. The molecule has 4 rings (SSSR count). The standard InChI is InChI=1S/C24H20ClF2N3O3/c25-20-11-19(22(31)29-17-7-4-9-28-13-17)21(33-14-16-5-2-1-3-6-16)12-18(20)23(32)30-10-8-24(26,27)15-30/h1-7,9,11-13H,8,10,14-15H2,(H,29,31). The van der Waals surface area contributed by atoms with Crippen molar-refractivity contribution in [3.8, 4) is 5.75 Å². The number of carbonyl (C=O) groups excluding carboxylic acids is 2. The van der Waals surface area contributed by atoms with Gasteiger partial charge in [0.1, 0.15) is 12.4 Å². The summed E-state index contributed by atoms with van der Waals surface area (Å²) in [6.45, 7) is -0.623. The fourth-order valence-corrected chi connectivity index (χ4v) is 3.71. The number of anilines is 1. The number of nitrogens with one attached hydrogen (secondary N) is 1. The Bertz CT molecular complexity index is 1160. The maximum Gasteiger partial charge on any atom is 0.267 e. The van der Waals surface area contributed by atoms with Crippen LogP contribution in [0.25, 0.3) is 0 Å². The lowest BCUT2D eigenvalue weighted by atomic mass is 10.1. The Morgan fingerprint density at radius 1 is 1.12 bits per heavy atom. The van der Waals surface area contributed by atoms with Crippen LogP contribution in [0, 0.1) is 0 Å². The number of aromatic nitrogens is 1. The first-order chi connectivity index (χ1) is 15.8. The van der Waals surface area contributed by atoms with Gasteiger partial charge in [0.25, 0.3) is 17.7 Å². The van der Waals surface area contributed by atoms with E-state index in [1.54, 1.807) is 18.3 Å². The predicted molar refractivity (Wildman–Crippen MR) is 120 cm³/mol. The summed E-state index contributed by atoms with van der Waals surface area (Å²) in [5, 5.41) is 2.67. The molecule has 2 aromatic carbocycles. The third-order valence-electron chi connectivity index (χ3n) is 5.16. The van der Waals surface area contributed by atoms with Gasteiger partial charge in [0.15, 0.2) is 0 Å². The number of ether oxygens (including phenoxy) is 1. The number of hydrogen-bond acceptors (Lipinski definition) is 4. The summed E-state index contributed by atoms with van der Waals surface area (Å²) in [6, 6.07) is 15.2. The number of halogens is 3. The summed E-state index contributed by atoms with van der Waals surface area (Å²) in [4.78, 5) is 30.9. The Morgan fingerprint density at radius 2 is 1.91 bits per heavy atom.